The van der Waals surface area contributed by atoms with Crippen LogP contribution in [0, 0.1) is 5.82 Å². The Morgan fingerprint density at radius 3 is 2.50 bits per heavy atom. The van der Waals surface area contributed by atoms with Gasteiger partial charge in [0.15, 0.2) is 5.78 Å². The molecule has 0 amide bonds. The van der Waals surface area contributed by atoms with Gasteiger partial charge in [0.05, 0.1) is 0 Å². The number of allylic oxidation sites excluding steroid dienone is 1. The van der Waals surface area contributed by atoms with Gasteiger partial charge in [0.2, 0.25) is 0 Å². The van der Waals surface area contributed by atoms with Crippen LogP contribution in [0.3, 0.4) is 0 Å². The van der Waals surface area contributed by atoms with E-state index in [0.717, 1.165) is 5.56 Å². The predicted octanol–water partition coefficient (Wildman–Crippen LogP) is 4.38. The van der Waals surface area contributed by atoms with Crippen LogP contribution in [0.4, 0.5) is 4.39 Å². The third-order valence-electron chi connectivity index (χ3n) is 2.37. The molecule has 0 aliphatic carbocycles. The molecule has 0 heterocycles. The molecule has 0 atom stereocenters. The fourth-order valence-electron chi connectivity index (χ4n) is 1.53. The van der Waals surface area contributed by atoms with E-state index in [1.165, 1.54) is 24.3 Å². The van der Waals surface area contributed by atoms with Crippen LogP contribution < -0.4 is 0 Å². The van der Waals surface area contributed by atoms with E-state index in [0.29, 0.717) is 0 Å². The lowest BCUT2D eigenvalue weighted by atomic mass is 10.1. The number of carbonyl (C=O) groups excluding carboxylic acids is 1. The molecule has 0 unspecified atom stereocenters. The minimum Gasteiger partial charge on any atom is -0.289 e. The van der Waals surface area contributed by atoms with Crippen molar-refractivity contribution in [2.24, 2.45) is 0 Å². The van der Waals surface area contributed by atoms with Crippen LogP contribution in [0.15, 0.2) is 54.6 Å². The average Bonchev–Trinajstić information content (AvgIpc) is 2.36. The molecular formula is C15H10ClFO. The van der Waals surface area contributed by atoms with Crippen LogP contribution in [0.5, 0.6) is 0 Å². The van der Waals surface area contributed by atoms with Crippen LogP contribution in [-0.2, 0) is 0 Å². The van der Waals surface area contributed by atoms with Crippen LogP contribution in [0.2, 0.25) is 5.02 Å². The van der Waals surface area contributed by atoms with E-state index >= 15 is 0 Å². The highest BCUT2D eigenvalue weighted by Gasteiger charge is 2.05. The van der Waals surface area contributed by atoms with Crippen molar-refractivity contribution >= 4 is 23.5 Å². The summed E-state index contributed by atoms with van der Waals surface area (Å²) < 4.78 is 13.1. The van der Waals surface area contributed by atoms with Gasteiger partial charge in [-0.05, 0) is 29.8 Å². The van der Waals surface area contributed by atoms with Crippen LogP contribution in [-0.4, -0.2) is 5.78 Å². The Labute approximate surface area is 110 Å². The zero-order valence-corrected chi connectivity index (χ0v) is 10.2. The Morgan fingerprint density at radius 2 is 1.83 bits per heavy atom. The molecule has 0 spiro atoms. The maximum atomic E-state index is 13.1. The SMILES string of the molecule is O=C(C=Cc1ccccc1)c1cc(F)cc(Cl)c1. The minimum absolute atomic E-state index is 0.214. The van der Waals surface area contributed by atoms with Crippen molar-refractivity contribution in [2.45, 2.75) is 0 Å². The van der Waals surface area contributed by atoms with E-state index in [-0.39, 0.29) is 16.4 Å². The molecule has 0 fully saturated rings. The van der Waals surface area contributed by atoms with Gasteiger partial charge in [0.1, 0.15) is 5.82 Å². The largest absolute Gasteiger partial charge is 0.289 e. The molecule has 2 aromatic carbocycles. The zero-order valence-electron chi connectivity index (χ0n) is 9.44. The van der Waals surface area contributed by atoms with Gasteiger partial charge in [-0.15, -0.1) is 0 Å². The maximum Gasteiger partial charge on any atom is 0.186 e. The number of ketones is 1. The van der Waals surface area contributed by atoms with Crippen molar-refractivity contribution < 1.29 is 9.18 Å². The zero-order chi connectivity index (χ0) is 13.0. The summed E-state index contributed by atoms with van der Waals surface area (Å²) in [6.07, 6.45) is 3.08. The monoisotopic (exact) mass is 260 g/mol. The van der Waals surface area contributed by atoms with E-state index in [2.05, 4.69) is 0 Å². The fourth-order valence-corrected chi connectivity index (χ4v) is 1.75. The number of benzene rings is 2. The van der Waals surface area contributed by atoms with Crippen molar-refractivity contribution in [1.82, 2.24) is 0 Å². The van der Waals surface area contributed by atoms with Crippen LogP contribution >= 0.6 is 11.6 Å². The van der Waals surface area contributed by atoms with Crippen molar-refractivity contribution in [3.8, 4) is 0 Å². The summed E-state index contributed by atoms with van der Waals surface area (Å²) in [5, 5.41) is 0.214. The van der Waals surface area contributed by atoms with E-state index in [9.17, 15) is 9.18 Å². The summed E-state index contributed by atoms with van der Waals surface area (Å²) in [6.45, 7) is 0. The molecule has 1 nitrogen and oxygen atoms in total. The molecule has 3 heteroatoms. The smallest absolute Gasteiger partial charge is 0.186 e. The first-order valence-corrected chi connectivity index (χ1v) is 5.76. The molecule has 0 saturated heterocycles. The average molecular weight is 261 g/mol. The van der Waals surface area contributed by atoms with Gasteiger partial charge in [-0.2, -0.15) is 0 Å². The first kappa shape index (κ1) is 12.5. The molecule has 0 aliphatic heterocycles. The summed E-state index contributed by atoms with van der Waals surface area (Å²) in [5.41, 5.74) is 1.15. The lowest BCUT2D eigenvalue weighted by Crippen LogP contribution is -1.95. The molecule has 0 saturated carbocycles. The highest BCUT2D eigenvalue weighted by molar-refractivity contribution is 6.31. The Balaban J connectivity index is 2.20. The molecule has 90 valence electrons. The molecule has 0 aliphatic rings. The van der Waals surface area contributed by atoms with Gasteiger partial charge in [0.25, 0.3) is 0 Å². The molecule has 2 rings (SSSR count). The molecule has 2 aromatic rings. The predicted molar refractivity (Wildman–Crippen MR) is 71.2 cm³/mol. The molecule has 0 radical (unpaired) electrons. The molecule has 0 aromatic heterocycles. The maximum absolute atomic E-state index is 13.1. The number of hydrogen-bond acceptors (Lipinski definition) is 1. The Kier molecular flexibility index (Phi) is 3.90. The van der Waals surface area contributed by atoms with Gasteiger partial charge in [-0.1, -0.05) is 48.0 Å². The van der Waals surface area contributed by atoms with Crippen molar-refractivity contribution in [3.05, 3.63) is 76.6 Å². The van der Waals surface area contributed by atoms with E-state index < -0.39 is 5.82 Å². The fraction of sp³-hybridized carbons (Fsp3) is 0. The van der Waals surface area contributed by atoms with Gasteiger partial charge < -0.3 is 0 Å². The topological polar surface area (TPSA) is 17.1 Å². The Hall–Kier alpha value is -1.93. The summed E-state index contributed by atoms with van der Waals surface area (Å²) in [4.78, 5) is 11.8. The molecule has 18 heavy (non-hydrogen) atoms. The summed E-state index contributed by atoms with van der Waals surface area (Å²) in [5.74, 6) is -0.792. The highest BCUT2D eigenvalue weighted by atomic mass is 35.5. The number of rotatable bonds is 3. The van der Waals surface area contributed by atoms with Gasteiger partial charge in [-0.3, -0.25) is 4.79 Å². The summed E-state index contributed by atoms with van der Waals surface area (Å²) in [7, 11) is 0. The first-order valence-electron chi connectivity index (χ1n) is 5.39. The van der Waals surface area contributed by atoms with Gasteiger partial charge in [-0.25, -0.2) is 4.39 Å². The number of halogens is 2. The van der Waals surface area contributed by atoms with Crippen LogP contribution in [0.1, 0.15) is 15.9 Å². The van der Waals surface area contributed by atoms with Gasteiger partial charge >= 0.3 is 0 Å². The van der Waals surface area contributed by atoms with Crippen LogP contribution in [0.25, 0.3) is 6.08 Å². The first-order chi connectivity index (χ1) is 8.65. The molecule has 0 bridgehead atoms. The van der Waals surface area contributed by atoms with E-state index in [1.807, 2.05) is 30.3 Å². The van der Waals surface area contributed by atoms with E-state index in [1.54, 1.807) is 6.08 Å². The number of hydrogen-bond donors (Lipinski definition) is 0. The second-order valence-electron chi connectivity index (χ2n) is 3.77. The molecular weight excluding hydrogens is 251 g/mol. The van der Waals surface area contributed by atoms with Crippen molar-refractivity contribution in [2.75, 3.05) is 0 Å². The Bertz CT molecular complexity index is 570. The molecule has 0 N–H and O–H groups in total. The lowest BCUT2D eigenvalue weighted by Gasteiger charge is -1.98. The third kappa shape index (κ3) is 3.28. The standard InChI is InChI=1S/C15H10ClFO/c16-13-8-12(9-14(17)10-13)15(18)7-6-11-4-2-1-3-5-11/h1-10H. The van der Waals surface area contributed by atoms with E-state index in [4.69, 9.17) is 11.6 Å². The normalized spacial score (nSPS) is 10.8. The van der Waals surface area contributed by atoms with Crippen molar-refractivity contribution in [3.63, 3.8) is 0 Å². The highest BCUT2D eigenvalue weighted by Crippen LogP contribution is 2.15. The van der Waals surface area contributed by atoms with Gasteiger partial charge in [0, 0.05) is 10.6 Å². The lowest BCUT2D eigenvalue weighted by molar-refractivity contribution is 0.104. The second-order valence-corrected chi connectivity index (χ2v) is 4.20. The number of carbonyl (C=O) groups is 1. The third-order valence-corrected chi connectivity index (χ3v) is 2.59. The Morgan fingerprint density at radius 1 is 1.11 bits per heavy atom. The quantitative estimate of drug-likeness (QED) is 0.591. The summed E-state index contributed by atoms with van der Waals surface area (Å²) in [6, 6.07) is 13.2. The second kappa shape index (κ2) is 5.61. The summed E-state index contributed by atoms with van der Waals surface area (Å²) >= 11 is 5.70. The van der Waals surface area contributed by atoms with Crippen molar-refractivity contribution in [1.29, 1.82) is 0 Å². The minimum atomic E-state index is -0.515.